The van der Waals surface area contributed by atoms with Crippen LogP contribution in [0, 0.1) is 0 Å². The third-order valence-corrected chi connectivity index (χ3v) is 6.48. The number of hydrogen-bond acceptors (Lipinski definition) is 5. The summed E-state index contributed by atoms with van der Waals surface area (Å²) >= 11 is 4.81. The number of nitrogens with zero attached hydrogens (tertiary/aromatic N) is 2. The lowest BCUT2D eigenvalue weighted by Crippen LogP contribution is -2.41. The molecule has 0 aliphatic rings. The first-order valence-electron chi connectivity index (χ1n) is 9.26. The third-order valence-electron chi connectivity index (χ3n) is 4.47. The van der Waals surface area contributed by atoms with Gasteiger partial charge in [-0.2, -0.15) is 0 Å². The van der Waals surface area contributed by atoms with E-state index in [2.05, 4.69) is 20.9 Å². The Balaban J connectivity index is 1.91. The van der Waals surface area contributed by atoms with Crippen LogP contribution in [-0.2, 0) is 11.3 Å². The molecule has 3 N–H and O–H groups in total. The van der Waals surface area contributed by atoms with E-state index in [0.717, 1.165) is 14.9 Å². The Morgan fingerprint density at radius 1 is 1.13 bits per heavy atom. The van der Waals surface area contributed by atoms with Gasteiger partial charge >= 0.3 is 5.69 Å². The predicted molar refractivity (Wildman–Crippen MR) is 124 cm³/mol. The highest BCUT2D eigenvalue weighted by atomic mass is 79.9. The maximum atomic E-state index is 12.9. The van der Waals surface area contributed by atoms with Crippen molar-refractivity contribution in [3.05, 3.63) is 85.5 Å². The third kappa shape index (κ3) is 4.85. The number of anilines is 2. The number of nitrogens with one attached hydrogen (secondary N) is 1. The molecule has 0 aliphatic carbocycles. The topological polar surface area (TPSA) is 101 Å². The molecule has 0 unspecified atom stereocenters. The largest absolute Gasteiger partial charge is 0.383 e. The molecule has 0 bridgehead atoms. The van der Waals surface area contributed by atoms with E-state index >= 15 is 0 Å². The number of H-pyrrole nitrogens is 1. The lowest BCUT2D eigenvalue weighted by Gasteiger charge is -2.23. The van der Waals surface area contributed by atoms with Gasteiger partial charge in [-0.25, -0.2) is 4.79 Å². The van der Waals surface area contributed by atoms with Gasteiger partial charge in [-0.3, -0.25) is 19.1 Å². The number of nitrogens with two attached hydrogens (primary N) is 1. The van der Waals surface area contributed by atoms with Crippen LogP contribution >= 0.6 is 27.7 Å². The summed E-state index contributed by atoms with van der Waals surface area (Å²) in [4.78, 5) is 42.3. The summed E-state index contributed by atoms with van der Waals surface area (Å²) < 4.78 is 2.16. The van der Waals surface area contributed by atoms with Gasteiger partial charge in [0.05, 0.1) is 12.3 Å². The van der Waals surface area contributed by atoms with Crippen LogP contribution in [0.15, 0.2) is 73.6 Å². The number of rotatable bonds is 7. The lowest BCUT2D eigenvalue weighted by atomic mass is 10.2. The number of benzene rings is 2. The van der Waals surface area contributed by atoms with Gasteiger partial charge < -0.3 is 10.6 Å². The zero-order valence-electron chi connectivity index (χ0n) is 16.3. The van der Waals surface area contributed by atoms with Gasteiger partial charge in [-0.05, 0) is 40.5 Å². The molecule has 30 heavy (non-hydrogen) atoms. The molecule has 0 saturated carbocycles. The normalized spacial score (nSPS) is 10.7. The summed E-state index contributed by atoms with van der Waals surface area (Å²) in [5.41, 5.74) is 5.76. The standard InChI is InChI=1S/C21H21BrN4O3S/c1-2-25(17(27)13-30-16-11-7-6-10-15(16)22)18-19(23)26(21(29)24-20(18)28)12-14-8-4-3-5-9-14/h3-11H,2,12-13,23H2,1H3,(H,24,28,29). The molecule has 0 aliphatic heterocycles. The highest BCUT2D eigenvalue weighted by Crippen LogP contribution is 2.28. The van der Waals surface area contributed by atoms with Crippen LogP contribution < -0.4 is 21.9 Å². The molecule has 3 rings (SSSR count). The maximum Gasteiger partial charge on any atom is 0.330 e. The molecule has 0 atom stereocenters. The Morgan fingerprint density at radius 2 is 1.80 bits per heavy atom. The quantitative estimate of drug-likeness (QED) is 0.497. The number of aromatic nitrogens is 2. The number of nitrogen functional groups attached to an aromatic ring is 1. The molecular weight excluding hydrogens is 468 g/mol. The van der Waals surface area contributed by atoms with Crippen LogP contribution in [0.25, 0.3) is 0 Å². The number of thioether (sulfide) groups is 1. The Labute approximate surface area is 186 Å². The number of carbonyl (C=O) groups excluding carboxylic acids is 1. The van der Waals surface area contributed by atoms with Crippen LogP contribution in [0.3, 0.4) is 0 Å². The number of halogens is 1. The first kappa shape index (κ1) is 21.9. The molecular formula is C21H21BrN4O3S. The van der Waals surface area contributed by atoms with E-state index in [4.69, 9.17) is 5.73 Å². The minimum Gasteiger partial charge on any atom is -0.383 e. The Kier molecular flexibility index (Phi) is 7.17. The van der Waals surface area contributed by atoms with Crippen molar-refractivity contribution in [3.8, 4) is 0 Å². The summed E-state index contributed by atoms with van der Waals surface area (Å²) in [7, 11) is 0. The SMILES string of the molecule is CCN(C(=O)CSc1ccccc1Br)c1c(N)n(Cc2ccccc2)c(=O)[nH]c1=O. The van der Waals surface area contributed by atoms with Gasteiger partial charge in [-0.1, -0.05) is 42.5 Å². The maximum absolute atomic E-state index is 12.9. The molecule has 156 valence electrons. The summed E-state index contributed by atoms with van der Waals surface area (Å²) in [6.45, 7) is 2.19. The van der Waals surface area contributed by atoms with E-state index in [9.17, 15) is 14.4 Å². The molecule has 3 aromatic rings. The van der Waals surface area contributed by atoms with Gasteiger partial charge in [0.1, 0.15) is 5.82 Å². The molecule has 7 nitrogen and oxygen atoms in total. The van der Waals surface area contributed by atoms with Crippen molar-refractivity contribution in [3.63, 3.8) is 0 Å². The van der Waals surface area contributed by atoms with Crippen molar-refractivity contribution in [1.82, 2.24) is 9.55 Å². The Morgan fingerprint density at radius 3 is 2.47 bits per heavy atom. The van der Waals surface area contributed by atoms with Crippen LogP contribution in [-0.4, -0.2) is 27.8 Å². The molecule has 0 fully saturated rings. The van der Waals surface area contributed by atoms with Crippen LogP contribution in [0.4, 0.5) is 11.5 Å². The van der Waals surface area contributed by atoms with E-state index < -0.39 is 11.2 Å². The van der Waals surface area contributed by atoms with Crippen molar-refractivity contribution < 1.29 is 4.79 Å². The number of hydrogen-bond donors (Lipinski definition) is 2. The predicted octanol–water partition coefficient (Wildman–Crippen LogP) is 3.07. The summed E-state index contributed by atoms with van der Waals surface area (Å²) in [6.07, 6.45) is 0. The van der Waals surface area contributed by atoms with Gasteiger partial charge in [0, 0.05) is 15.9 Å². The second-order valence-electron chi connectivity index (χ2n) is 6.42. The van der Waals surface area contributed by atoms with Gasteiger partial charge in [0.25, 0.3) is 5.56 Å². The second-order valence-corrected chi connectivity index (χ2v) is 8.29. The molecule has 0 radical (unpaired) electrons. The summed E-state index contributed by atoms with van der Waals surface area (Å²) in [6, 6.07) is 16.9. The fourth-order valence-corrected chi connectivity index (χ4v) is 4.44. The van der Waals surface area contributed by atoms with E-state index in [-0.39, 0.29) is 36.3 Å². The molecule has 0 saturated heterocycles. The molecule has 0 spiro atoms. The lowest BCUT2D eigenvalue weighted by molar-refractivity contribution is -0.116. The van der Waals surface area contributed by atoms with E-state index in [1.165, 1.54) is 21.2 Å². The Hall–Kier alpha value is -2.78. The molecule has 1 heterocycles. The fraction of sp³-hybridized carbons (Fsp3) is 0.190. The summed E-state index contributed by atoms with van der Waals surface area (Å²) in [5, 5.41) is 0. The van der Waals surface area contributed by atoms with Crippen molar-refractivity contribution in [2.75, 3.05) is 22.9 Å². The molecule has 1 amide bonds. The highest BCUT2D eigenvalue weighted by molar-refractivity contribution is 9.10. The van der Waals surface area contributed by atoms with Gasteiger partial charge in [-0.15, -0.1) is 11.8 Å². The average Bonchev–Trinajstić information content (AvgIpc) is 2.74. The first-order chi connectivity index (χ1) is 14.4. The number of amides is 1. The fourth-order valence-electron chi connectivity index (χ4n) is 3.00. The Bertz CT molecular complexity index is 1160. The average molecular weight is 489 g/mol. The van der Waals surface area contributed by atoms with Crippen molar-refractivity contribution in [1.29, 1.82) is 0 Å². The van der Waals surface area contributed by atoms with Crippen molar-refractivity contribution in [2.24, 2.45) is 0 Å². The summed E-state index contributed by atoms with van der Waals surface area (Å²) in [5.74, 6) is -0.193. The van der Waals surface area contributed by atoms with Crippen molar-refractivity contribution >= 4 is 45.1 Å². The van der Waals surface area contributed by atoms with E-state index in [1.54, 1.807) is 6.92 Å². The minimum absolute atomic E-state index is 0.00856. The minimum atomic E-state index is -0.678. The van der Waals surface area contributed by atoms with E-state index in [0.29, 0.717) is 0 Å². The zero-order valence-corrected chi connectivity index (χ0v) is 18.7. The molecule has 2 aromatic carbocycles. The number of carbonyl (C=O) groups is 1. The van der Waals surface area contributed by atoms with E-state index in [1.807, 2.05) is 54.6 Å². The molecule has 9 heteroatoms. The van der Waals surface area contributed by atoms with Crippen LogP contribution in [0.5, 0.6) is 0 Å². The van der Waals surface area contributed by atoms with Gasteiger partial charge in [0.15, 0.2) is 5.69 Å². The van der Waals surface area contributed by atoms with Crippen LogP contribution in [0.1, 0.15) is 12.5 Å². The zero-order chi connectivity index (χ0) is 21.7. The smallest absolute Gasteiger partial charge is 0.330 e. The monoisotopic (exact) mass is 488 g/mol. The highest BCUT2D eigenvalue weighted by Gasteiger charge is 2.23. The van der Waals surface area contributed by atoms with Gasteiger partial charge in [0.2, 0.25) is 5.91 Å². The number of aromatic amines is 1. The first-order valence-corrected chi connectivity index (χ1v) is 11.0. The van der Waals surface area contributed by atoms with Crippen LogP contribution in [0.2, 0.25) is 0 Å². The second kappa shape index (κ2) is 9.82. The molecule has 1 aromatic heterocycles. The van der Waals surface area contributed by atoms with Crippen molar-refractivity contribution in [2.45, 2.75) is 18.4 Å².